The molecule has 1 aliphatic carbocycles. The highest BCUT2D eigenvalue weighted by Gasteiger charge is 2.64. The minimum atomic E-state index is -0.980. The lowest BCUT2D eigenvalue weighted by atomic mass is 9.49. The molecule has 1 saturated carbocycles. The van der Waals surface area contributed by atoms with Gasteiger partial charge in [-0.3, -0.25) is 39.1 Å². The summed E-state index contributed by atoms with van der Waals surface area (Å²) in [5, 5.41) is 5.87. The number of nitrogens with zero attached hydrogens (tertiary/aromatic N) is 5. The zero-order valence-corrected chi connectivity index (χ0v) is 34.5. The first kappa shape index (κ1) is 40.1. The van der Waals surface area contributed by atoms with Gasteiger partial charge >= 0.3 is 0 Å². The Balaban J connectivity index is 0.808. The van der Waals surface area contributed by atoms with Crippen molar-refractivity contribution in [1.82, 2.24) is 20.4 Å². The third-order valence-electron chi connectivity index (χ3n) is 12.8. The average Bonchev–Trinajstić information content (AvgIpc) is 3.47. The van der Waals surface area contributed by atoms with E-state index in [4.69, 9.17) is 22.9 Å². The summed E-state index contributed by atoms with van der Waals surface area (Å²) in [5.41, 5.74) is 4.20. The van der Waals surface area contributed by atoms with Crippen LogP contribution in [0.1, 0.15) is 78.0 Å². The molecule has 14 heteroatoms. The largest absolute Gasteiger partial charge is 0.489 e. The SMILES string of the molecule is [C-]#[N+]c1ccc(OC2C(C)(C)C(NC(=O)c3ccc(N4CC=C(CN5CCN(c6ccc7c(c6)C(=O)N(C6CCC(=O)NC6=O)C7=O)CC5)CC4)cc3)C2(C)C)cc1Cl. The van der Waals surface area contributed by atoms with Crippen molar-refractivity contribution < 1.29 is 28.7 Å². The van der Waals surface area contributed by atoms with E-state index in [1.54, 1.807) is 30.3 Å². The molecule has 0 radical (unpaired) electrons. The Bertz CT molecular complexity index is 2290. The number of hydrogen-bond donors (Lipinski definition) is 2. The van der Waals surface area contributed by atoms with Crippen molar-refractivity contribution in [1.29, 1.82) is 0 Å². The minimum Gasteiger partial charge on any atom is -0.489 e. The predicted molar refractivity (Wildman–Crippen MR) is 224 cm³/mol. The van der Waals surface area contributed by atoms with Gasteiger partial charge in [-0.2, -0.15) is 0 Å². The maximum atomic E-state index is 13.5. The third kappa shape index (κ3) is 7.44. The molecular weight excluding hydrogens is 770 g/mol. The van der Waals surface area contributed by atoms with Crippen molar-refractivity contribution >= 4 is 58.2 Å². The molecule has 2 N–H and O–H groups in total. The maximum absolute atomic E-state index is 13.5. The molecule has 0 spiro atoms. The highest BCUT2D eigenvalue weighted by atomic mass is 35.5. The van der Waals surface area contributed by atoms with Gasteiger partial charge in [0.25, 0.3) is 17.7 Å². The smallest absolute Gasteiger partial charge is 0.262 e. The first-order valence-electron chi connectivity index (χ1n) is 20.2. The number of nitrogens with one attached hydrogen (secondary N) is 2. The van der Waals surface area contributed by atoms with Gasteiger partial charge in [0.2, 0.25) is 17.5 Å². The molecule has 306 valence electrons. The summed E-state index contributed by atoms with van der Waals surface area (Å²) < 4.78 is 6.38. The van der Waals surface area contributed by atoms with E-state index in [0.29, 0.717) is 27.6 Å². The van der Waals surface area contributed by atoms with Crippen LogP contribution in [-0.2, 0) is 9.59 Å². The summed E-state index contributed by atoms with van der Waals surface area (Å²) in [6, 6.07) is 17.1. The van der Waals surface area contributed by atoms with Crippen LogP contribution in [0.3, 0.4) is 0 Å². The van der Waals surface area contributed by atoms with Gasteiger partial charge in [-0.1, -0.05) is 57.0 Å². The summed E-state index contributed by atoms with van der Waals surface area (Å²) in [6.07, 6.45) is 3.28. The Kier molecular flexibility index (Phi) is 10.5. The maximum Gasteiger partial charge on any atom is 0.262 e. The Hall–Kier alpha value is -5.71. The fourth-order valence-corrected chi connectivity index (χ4v) is 10.0. The monoisotopic (exact) mass is 817 g/mol. The number of hydrogen-bond acceptors (Lipinski definition) is 9. The van der Waals surface area contributed by atoms with Crippen LogP contribution in [0.25, 0.3) is 4.85 Å². The fraction of sp³-hybridized carbons (Fsp3) is 0.422. The lowest BCUT2D eigenvalue weighted by Crippen LogP contribution is -2.74. The highest BCUT2D eigenvalue weighted by molar-refractivity contribution is 6.33. The lowest BCUT2D eigenvalue weighted by molar-refractivity contribution is -0.164. The summed E-state index contributed by atoms with van der Waals surface area (Å²) in [6.45, 7) is 21.4. The molecular formula is C45H48ClN7O6. The van der Waals surface area contributed by atoms with Crippen LogP contribution in [0.4, 0.5) is 17.1 Å². The fourth-order valence-electron chi connectivity index (χ4n) is 9.82. The Labute approximate surface area is 349 Å². The molecule has 1 atom stereocenters. The van der Waals surface area contributed by atoms with E-state index in [1.165, 1.54) is 5.57 Å². The molecule has 8 rings (SSSR count). The quantitative estimate of drug-likeness (QED) is 0.155. The number of amides is 5. The molecule has 3 fully saturated rings. The predicted octanol–water partition coefficient (Wildman–Crippen LogP) is 5.86. The van der Waals surface area contributed by atoms with Crippen molar-refractivity contribution in [3.8, 4) is 5.75 Å². The molecule has 2 saturated heterocycles. The van der Waals surface area contributed by atoms with E-state index in [1.807, 2.05) is 30.3 Å². The van der Waals surface area contributed by atoms with Crippen LogP contribution in [-0.4, -0.2) is 103 Å². The number of fused-ring (bicyclic) bond motifs is 1. The van der Waals surface area contributed by atoms with Gasteiger partial charge in [-0.15, -0.1) is 0 Å². The van der Waals surface area contributed by atoms with Gasteiger partial charge < -0.3 is 19.9 Å². The number of benzene rings is 3. The molecule has 0 aromatic heterocycles. The molecule has 13 nitrogen and oxygen atoms in total. The van der Waals surface area contributed by atoms with Gasteiger partial charge in [0, 0.05) is 86.0 Å². The number of piperidine rings is 1. The van der Waals surface area contributed by atoms with Crippen LogP contribution >= 0.6 is 11.6 Å². The summed E-state index contributed by atoms with van der Waals surface area (Å²) >= 11 is 6.26. The number of halogens is 1. The zero-order chi connectivity index (χ0) is 41.8. The van der Waals surface area contributed by atoms with E-state index in [-0.39, 0.29) is 47.3 Å². The molecule has 1 unspecified atom stereocenters. The zero-order valence-electron chi connectivity index (χ0n) is 33.7. The normalized spacial score (nSPS) is 23.8. The van der Waals surface area contributed by atoms with Crippen molar-refractivity contribution in [2.75, 3.05) is 55.6 Å². The van der Waals surface area contributed by atoms with Gasteiger partial charge in [-0.25, -0.2) is 4.85 Å². The number of anilines is 2. The molecule has 59 heavy (non-hydrogen) atoms. The van der Waals surface area contributed by atoms with Crippen molar-refractivity contribution in [2.24, 2.45) is 10.8 Å². The van der Waals surface area contributed by atoms with E-state index < -0.39 is 29.7 Å². The minimum absolute atomic E-state index is 0.0867. The van der Waals surface area contributed by atoms with Crippen LogP contribution in [0.5, 0.6) is 5.75 Å². The summed E-state index contributed by atoms with van der Waals surface area (Å²) in [7, 11) is 0. The standard InChI is InChI=1S/C45H48ClN7O6/c1-44(2)42(45(3,4)43(44)59-31-11-13-35(47-5)34(46)25-31)49-38(55)28-6-8-29(9-7-28)51-18-16-27(17-19-51)26-50-20-22-52(23-21-50)30-10-12-32-33(24-30)41(58)53(40(32)57)36-14-15-37(54)48-39(36)56/h6-13,16,24-25,36,42-43H,14-15,17-23,26H2,1-4H3,(H,49,55)(H,48,54,56). The van der Waals surface area contributed by atoms with Crippen LogP contribution in [0.2, 0.25) is 5.02 Å². The highest BCUT2D eigenvalue weighted by Crippen LogP contribution is 2.55. The van der Waals surface area contributed by atoms with Crippen LogP contribution in [0.15, 0.2) is 72.3 Å². The van der Waals surface area contributed by atoms with Crippen LogP contribution < -0.4 is 25.2 Å². The molecule has 0 bridgehead atoms. The second-order valence-corrected chi connectivity index (χ2v) is 17.7. The van der Waals surface area contributed by atoms with Crippen molar-refractivity contribution in [3.63, 3.8) is 0 Å². The average molecular weight is 818 g/mol. The summed E-state index contributed by atoms with van der Waals surface area (Å²) in [4.78, 5) is 75.4. The second kappa shape index (κ2) is 15.5. The molecule has 3 aromatic rings. The number of ether oxygens (including phenoxy) is 1. The van der Waals surface area contributed by atoms with Crippen LogP contribution in [0, 0.1) is 17.4 Å². The number of imide groups is 2. The van der Waals surface area contributed by atoms with Gasteiger partial charge in [-0.05, 0) is 67.4 Å². The van der Waals surface area contributed by atoms with E-state index in [9.17, 15) is 24.0 Å². The lowest BCUT2D eigenvalue weighted by Gasteiger charge is -2.63. The number of piperazine rings is 1. The van der Waals surface area contributed by atoms with Gasteiger partial charge in [0.05, 0.1) is 22.7 Å². The van der Waals surface area contributed by atoms with Crippen molar-refractivity contribution in [2.45, 2.75) is 65.1 Å². The number of carbonyl (C=O) groups is 5. The Morgan fingerprint density at radius 2 is 1.56 bits per heavy atom. The van der Waals surface area contributed by atoms with Gasteiger partial charge in [0.1, 0.15) is 17.9 Å². The third-order valence-corrected chi connectivity index (χ3v) is 13.1. The van der Waals surface area contributed by atoms with E-state index in [2.05, 4.69) is 63.9 Å². The Morgan fingerprint density at radius 3 is 2.20 bits per heavy atom. The molecule has 5 amide bonds. The number of carbonyl (C=O) groups excluding carboxylic acids is 5. The molecule has 5 aliphatic rings. The second-order valence-electron chi connectivity index (χ2n) is 17.3. The molecule has 3 aromatic carbocycles. The molecule has 4 heterocycles. The summed E-state index contributed by atoms with van der Waals surface area (Å²) in [5.74, 6) is -1.52. The topological polar surface area (TPSA) is 136 Å². The van der Waals surface area contributed by atoms with Gasteiger partial charge in [0.15, 0.2) is 0 Å². The van der Waals surface area contributed by atoms with E-state index >= 15 is 0 Å². The van der Waals surface area contributed by atoms with E-state index in [0.717, 1.165) is 68.5 Å². The Morgan fingerprint density at radius 1 is 0.864 bits per heavy atom. The van der Waals surface area contributed by atoms with Crippen molar-refractivity contribution in [3.05, 3.63) is 105 Å². The first-order chi connectivity index (χ1) is 28.1. The number of rotatable bonds is 9. The first-order valence-corrected chi connectivity index (χ1v) is 20.5. The molecule has 4 aliphatic heterocycles.